The Balaban J connectivity index is 1.28. The van der Waals surface area contributed by atoms with Crippen LogP contribution in [0.25, 0.3) is 0 Å². The van der Waals surface area contributed by atoms with Gasteiger partial charge in [-0.1, -0.05) is 25.5 Å². The Morgan fingerprint density at radius 1 is 0.793 bits per heavy atom. The Kier molecular flexibility index (Phi) is 4.19. The molecule has 6 rings (SSSR count). The molecule has 0 aromatic carbocycles. The van der Waals surface area contributed by atoms with E-state index in [9.17, 15) is 0 Å². The second kappa shape index (κ2) is 6.31. The minimum absolute atomic E-state index is 0.300. The monoisotopic (exact) mass is 402 g/mol. The van der Waals surface area contributed by atoms with Gasteiger partial charge in [-0.25, -0.2) is 0 Å². The van der Waals surface area contributed by atoms with Crippen molar-refractivity contribution in [2.45, 2.75) is 83.7 Å². The Labute approximate surface area is 175 Å². The molecular formula is C25H38O4. The van der Waals surface area contributed by atoms with Crippen LogP contribution in [0.2, 0.25) is 0 Å². The van der Waals surface area contributed by atoms with Crippen LogP contribution in [0.15, 0.2) is 11.6 Å². The molecule has 29 heavy (non-hydrogen) atoms. The van der Waals surface area contributed by atoms with Crippen molar-refractivity contribution >= 4 is 0 Å². The third-order valence-corrected chi connectivity index (χ3v) is 10.4. The van der Waals surface area contributed by atoms with Gasteiger partial charge in [0.15, 0.2) is 11.6 Å². The lowest BCUT2D eigenvalue weighted by Crippen LogP contribution is -2.54. The predicted octanol–water partition coefficient (Wildman–Crippen LogP) is 5.07. The molecule has 6 atom stereocenters. The first-order chi connectivity index (χ1) is 13.9. The van der Waals surface area contributed by atoms with Gasteiger partial charge in [0.25, 0.3) is 0 Å². The van der Waals surface area contributed by atoms with Gasteiger partial charge in [0.2, 0.25) is 0 Å². The van der Waals surface area contributed by atoms with Gasteiger partial charge in [0.05, 0.1) is 26.4 Å². The number of fused-ring (bicyclic) bond motifs is 5. The lowest BCUT2D eigenvalue weighted by Gasteiger charge is -2.59. The molecule has 0 bridgehead atoms. The van der Waals surface area contributed by atoms with Gasteiger partial charge in [-0.15, -0.1) is 0 Å². The van der Waals surface area contributed by atoms with Crippen molar-refractivity contribution in [1.82, 2.24) is 0 Å². The van der Waals surface area contributed by atoms with Gasteiger partial charge < -0.3 is 18.9 Å². The van der Waals surface area contributed by atoms with E-state index in [4.69, 9.17) is 18.9 Å². The summed E-state index contributed by atoms with van der Waals surface area (Å²) in [5.41, 5.74) is 2.34. The molecule has 3 saturated carbocycles. The topological polar surface area (TPSA) is 36.9 Å². The van der Waals surface area contributed by atoms with Crippen LogP contribution in [-0.4, -0.2) is 38.0 Å². The van der Waals surface area contributed by atoms with Crippen LogP contribution in [0.4, 0.5) is 0 Å². The van der Waals surface area contributed by atoms with Gasteiger partial charge in [-0.3, -0.25) is 0 Å². The summed E-state index contributed by atoms with van der Waals surface area (Å²) in [5.74, 6) is 2.32. The van der Waals surface area contributed by atoms with Crippen LogP contribution in [0.1, 0.15) is 72.1 Å². The predicted molar refractivity (Wildman–Crippen MR) is 110 cm³/mol. The average molecular weight is 403 g/mol. The first-order valence-electron chi connectivity index (χ1n) is 12.1. The maximum atomic E-state index is 6.17. The van der Waals surface area contributed by atoms with Crippen LogP contribution in [0.3, 0.4) is 0 Å². The number of ether oxygens (including phenoxy) is 4. The van der Waals surface area contributed by atoms with Gasteiger partial charge in [-0.2, -0.15) is 0 Å². The first-order valence-corrected chi connectivity index (χ1v) is 12.1. The quantitative estimate of drug-likeness (QED) is 0.574. The molecule has 1 spiro atoms. The fourth-order valence-corrected chi connectivity index (χ4v) is 8.94. The van der Waals surface area contributed by atoms with Crippen molar-refractivity contribution in [2.75, 3.05) is 26.4 Å². The largest absolute Gasteiger partial charge is 0.348 e. The molecule has 0 aromatic heterocycles. The highest BCUT2D eigenvalue weighted by molar-refractivity contribution is 5.27. The van der Waals surface area contributed by atoms with E-state index in [0.717, 1.165) is 57.0 Å². The molecule has 2 saturated heterocycles. The molecule has 0 N–H and O–H groups in total. The normalized spacial score (nSPS) is 50.1. The highest BCUT2D eigenvalue weighted by Crippen LogP contribution is 2.68. The molecule has 2 heterocycles. The summed E-state index contributed by atoms with van der Waals surface area (Å²) in [6.07, 6.45) is 12.4. The number of hydrogen-bond donors (Lipinski definition) is 0. The van der Waals surface area contributed by atoms with E-state index < -0.39 is 0 Å². The molecule has 4 heteroatoms. The SMILES string of the molecule is CC1([C@H]2CCC3C4CC=C5CC6(CC[C@]5(C)C4CC[C@@]32C)OCCO6)OCCO1. The number of allylic oxidation sites excluding steroid dienone is 1. The third kappa shape index (κ3) is 2.58. The minimum atomic E-state index is -0.357. The smallest absolute Gasteiger partial charge is 0.172 e. The molecule has 2 aliphatic heterocycles. The molecule has 5 fully saturated rings. The summed E-state index contributed by atoms with van der Waals surface area (Å²) in [4.78, 5) is 0. The second-order valence-electron chi connectivity index (χ2n) is 11.4. The van der Waals surface area contributed by atoms with Gasteiger partial charge in [0.1, 0.15) is 0 Å². The Hall–Kier alpha value is -0.420. The summed E-state index contributed by atoms with van der Waals surface area (Å²) < 4.78 is 24.5. The molecule has 0 aromatic rings. The van der Waals surface area contributed by atoms with E-state index in [1.54, 1.807) is 5.57 Å². The molecule has 4 nitrogen and oxygen atoms in total. The van der Waals surface area contributed by atoms with E-state index in [2.05, 4.69) is 26.8 Å². The second-order valence-corrected chi connectivity index (χ2v) is 11.4. The van der Waals surface area contributed by atoms with Crippen molar-refractivity contribution in [3.8, 4) is 0 Å². The molecule has 4 aliphatic carbocycles. The fourth-order valence-electron chi connectivity index (χ4n) is 8.94. The summed E-state index contributed by atoms with van der Waals surface area (Å²) in [6, 6.07) is 0. The Morgan fingerprint density at radius 3 is 2.28 bits per heavy atom. The average Bonchev–Trinajstić information content (AvgIpc) is 3.42. The van der Waals surface area contributed by atoms with Crippen LogP contribution < -0.4 is 0 Å². The first kappa shape index (κ1) is 19.3. The van der Waals surface area contributed by atoms with Crippen LogP contribution in [-0.2, 0) is 18.9 Å². The standard InChI is InChI=1S/C25H38O4/c1-22-10-11-25(28-14-15-29-25)16-17(22)4-5-18-19-6-7-21(24(3)26-12-13-27-24)23(19,2)9-8-20(18)22/h4,18-21H,5-16H2,1-3H3/t18?,19?,20?,21-,22-,23-/m0/s1. The van der Waals surface area contributed by atoms with E-state index in [1.165, 1.54) is 38.5 Å². The zero-order chi connectivity index (χ0) is 19.9. The zero-order valence-corrected chi connectivity index (χ0v) is 18.5. The Morgan fingerprint density at radius 2 is 1.52 bits per heavy atom. The van der Waals surface area contributed by atoms with Crippen molar-refractivity contribution in [2.24, 2.45) is 34.5 Å². The van der Waals surface area contributed by atoms with E-state index in [-0.39, 0.29) is 11.6 Å². The van der Waals surface area contributed by atoms with E-state index in [0.29, 0.717) is 16.7 Å². The summed E-state index contributed by atoms with van der Waals surface area (Å²) in [7, 11) is 0. The molecule has 162 valence electrons. The van der Waals surface area contributed by atoms with Crippen molar-refractivity contribution in [1.29, 1.82) is 0 Å². The molecule has 0 radical (unpaired) electrons. The molecule has 3 unspecified atom stereocenters. The Bertz CT molecular complexity index is 704. The molecule has 6 aliphatic rings. The van der Waals surface area contributed by atoms with E-state index >= 15 is 0 Å². The van der Waals surface area contributed by atoms with Crippen molar-refractivity contribution in [3.63, 3.8) is 0 Å². The number of rotatable bonds is 1. The summed E-state index contributed by atoms with van der Waals surface area (Å²) >= 11 is 0. The van der Waals surface area contributed by atoms with Crippen LogP contribution >= 0.6 is 0 Å². The fraction of sp³-hybridized carbons (Fsp3) is 0.920. The van der Waals surface area contributed by atoms with Crippen molar-refractivity contribution < 1.29 is 18.9 Å². The maximum absolute atomic E-state index is 6.17. The molecule has 0 amide bonds. The van der Waals surface area contributed by atoms with Crippen molar-refractivity contribution in [3.05, 3.63) is 11.6 Å². The van der Waals surface area contributed by atoms with Gasteiger partial charge in [-0.05, 0) is 74.0 Å². The maximum Gasteiger partial charge on any atom is 0.172 e. The third-order valence-electron chi connectivity index (χ3n) is 10.4. The minimum Gasteiger partial charge on any atom is -0.348 e. The van der Waals surface area contributed by atoms with E-state index in [1.807, 2.05) is 0 Å². The number of hydrogen-bond acceptors (Lipinski definition) is 4. The lowest BCUT2D eigenvalue weighted by atomic mass is 9.47. The highest BCUT2D eigenvalue weighted by atomic mass is 16.7. The van der Waals surface area contributed by atoms with Gasteiger partial charge >= 0.3 is 0 Å². The summed E-state index contributed by atoms with van der Waals surface area (Å²) in [5, 5.41) is 0. The molecular weight excluding hydrogens is 364 g/mol. The highest BCUT2D eigenvalue weighted by Gasteiger charge is 2.63. The zero-order valence-electron chi connectivity index (χ0n) is 18.5. The summed E-state index contributed by atoms with van der Waals surface area (Å²) in [6.45, 7) is 10.4. The van der Waals surface area contributed by atoms with Gasteiger partial charge in [0, 0.05) is 18.8 Å². The van der Waals surface area contributed by atoms with Crippen LogP contribution in [0.5, 0.6) is 0 Å². The lowest BCUT2D eigenvalue weighted by molar-refractivity contribution is -0.216. The van der Waals surface area contributed by atoms with Crippen LogP contribution in [0, 0.1) is 34.5 Å².